The molecule has 118 valence electrons. The highest BCUT2D eigenvalue weighted by molar-refractivity contribution is 5.87. The molecule has 0 spiro atoms. The summed E-state index contributed by atoms with van der Waals surface area (Å²) in [5.74, 6) is -0.270. The lowest BCUT2D eigenvalue weighted by Crippen LogP contribution is -2.01. The van der Waals surface area contributed by atoms with E-state index in [9.17, 15) is 14.9 Å². The summed E-state index contributed by atoms with van der Waals surface area (Å²) >= 11 is 0. The average molecular weight is 315 g/mol. The van der Waals surface area contributed by atoms with Crippen LogP contribution in [0.1, 0.15) is 21.5 Å². The van der Waals surface area contributed by atoms with Gasteiger partial charge in [0.2, 0.25) is 5.75 Å². The molecule has 0 aliphatic carbocycles. The highest BCUT2D eigenvalue weighted by atomic mass is 16.6. The molecule has 0 aromatic heterocycles. The van der Waals surface area contributed by atoms with Gasteiger partial charge in [-0.1, -0.05) is 12.1 Å². The second-order valence-corrected chi connectivity index (χ2v) is 5.07. The van der Waals surface area contributed by atoms with Gasteiger partial charge in [0.25, 0.3) is 0 Å². The molecule has 0 atom stereocenters. The normalized spacial score (nSPS) is 12.3. The Hall–Kier alpha value is -3.09. The van der Waals surface area contributed by atoms with Crippen molar-refractivity contribution in [1.29, 1.82) is 0 Å². The molecule has 7 nitrogen and oxygen atoms in total. The van der Waals surface area contributed by atoms with Crippen molar-refractivity contribution < 1.29 is 24.3 Å². The molecule has 0 radical (unpaired) electrons. The fourth-order valence-corrected chi connectivity index (χ4v) is 2.36. The predicted octanol–water partition coefficient (Wildman–Crippen LogP) is 2.81. The van der Waals surface area contributed by atoms with E-state index in [4.69, 9.17) is 14.6 Å². The van der Waals surface area contributed by atoms with Crippen LogP contribution in [0.25, 0.3) is 0 Å². The lowest BCUT2D eigenvalue weighted by Gasteiger charge is -2.09. The van der Waals surface area contributed by atoms with Gasteiger partial charge in [0.1, 0.15) is 12.4 Å². The van der Waals surface area contributed by atoms with Crippen LogP contribution in [0.4, 0.5) is 5.69 Å². The number of fused-ring (bicyclic) bond motifs is 1. The molecule has 0 unspecified atom stereocenters. The molecule has 0 bridgehead atoms. The number of rotatable bonds is 5. The number of nitrogens with zero attached hydrogens (tertiary/aromatic N) is 1. The Balaban J connectivity index is 1.79. The second-order valence-electron chi connectivity index (χ2n) is 5.07. The average Bonchev–Trinajstić information content (AvgIpc) is 2.99. The highest BCUT2D eigenvalue weighted by Gasteiger charge is 2.23. The van der Waals surface area contributed by atoms with E-state index < -0.39 is 10.9 Å². The molecule has 1 heterocycles. The van der Waals surface area contributed by atoms with Gasteiger partial charge in [-0.25, -0.2) is 4.79 Å². The van der Waals surface area contributed by atoms with E-state index in [1.54, 1.807) is 12.1 Å². The Morgan fingerprint density at radius 1 is 1.30 bits per heavy atom. The van der Waals surface area contributed by atoms with E-state index >= 15 is 0 Å². The maximum atomic E-state index is 11.2. The quantitative estimate of drug-likeness (QED) is 0.673. The van der Waals surface area contributed by atoms with Gasteiger partial charge in [-0.2, -0.15) is 0 Å². The van der Waals surface area contributed by atoms with Gasteiger partial charge < -0.3 is 14.6 Å². The zero-order valence-corrected chi connectivity index (χ0v) is 12.0. The van der Waals surface area contributed by atoms with Gasteiger partial charge >= 0.3 is 11.7 Å². The molecular formula is C16H13NO6. The van der Waals surface area contributed by atoms with Crippen LogP contribution < -0.4 is 9.47 Å². The Bertz CT molecular complexity index is 769. The van der Waals surface area contributed by atoms with Crippen molar-refractivity contribution in [2.24, 2.45) is 0 Å². The van der Waals surface area contributed by atoms with Gasteiger partial charge in [-0.05, 0) is 17.7 Å². The van der Waals surface area contributed by atoms with Crippen LogP contribution in [-0.2, 0) is 13.0 Å². The van der Waals surface area contributed by atoms with E-state index in [1.165, 1.54) is 24.3 Å². The number of carbonyl (C=O) groups is 1. The van der Waals surface area contributed by atoms with Crippen LogP contribution in [0, 0.1) is 10.1 Å². The molecule has 3 rings (SSSR count). The number of carboxylic acid groups (broad SMARTS) is 1. The van der Waals surface area contributed by atoms with Crippen LogP contribution >= 0.6 is 0 Å². The largest absolute Gasteiger partial charge is 0.493 e. The topological polar surface area (TPSA) is 98.9 Å². The predicted molar refractivity (Wildman–Crippen MR) is 80.0 cm³/mol. The fourth-order valence-electron chi connectivity index (χ4n) is 2.36. The third kappa shape index (κ3) is 3.08. The molecule has 0 fully saturated rings. The zero-order chi connectivity index (χ0) is 16.4. The third-order valence-electron chi connectivity index (χ3n) is 3.56. The zero-order valence-electron chi connectivity index (χ0n) is 12.0. The fraction of sp³-hybridized carbons (Fsp3) is 0.188. The Morgan fingerprint density at radius 2 is 2.04 bits per heavy atom. The van der Waals surface area contributed by atoms with Gasteiger partial charge in [0.05, 0.1) is 17.1 Å². The number of ether oxygens (including phenoxy) is 2. The van der Waals surface area contributed by atoms with Crippen LogP contribution in [-0.4, -0.2) is 22.6 Å². The summed E-state index contributed by atoms with van der Waals surface area (Å²) in [6.07, 6.45) is 0.646. The number of carboxylic acids is 1. The van der Waals surface area contributed by atoms with Crippen LogP contribution in [0.2, 0.25) is 0 Å². The first-order valence-electron chi connectivity index (χ1n) is 6.94. The van der Waals surface area contributed by atoms with Crippen LogP contribution in [0.5, 0.6) is 11.5 Å². The lowest BCUT2D eigenvalue weighted by molar-refractivity contribution is -0.386. The standard InChI is InChI=1S/C16H13NO6/c18-16(19)11-3-1-10(2-4-11)9-23-15-8-14-12(5-6-22-14)7-13(15)17(20)21/h1-4,7-8H,5-6,9H2,(H,18,19). The molecule has 0 saturated heterocycles. The second kappa shape index (κ2) is 5.96. The lowest BCUT2D eigenvalue weighted by atomic mass is 10.1. The summed E-state index contributed by atoms with van der Waals surface area (Å²) < 4.78 is 10.9. The minimum atomic E-state index is -1.01. The van der Waals surface area contributed by atoms with Crippen molar-refractivity contribution in [2.45, 2.75) is 13.0 Å². The van der Waals surface area contributed by atoms with E-state index in [1.807, 2.05) is 0 Å². The van der Waals surface area contributed by atoms with Crippen molar-refractivity contribution in [3.8, 4) is 11.5 Å². The summed E-state index contributed by atoms with van der Waals surface area (Å²) in [4.78, 5) is 21.5. The number of benzene rings is 2. The highest BCUT2D eigenvalue weighted by Crippen LogP contribution is 2.37. The van der Waals surface area contributed by atoms with Crippen LogP contribution in [0.3, 0.4) is 0 Å². The molecule has 0 saturated carbocycles. The van der Waals surface area contributed by atoms with Gasteiger partial charge in [0, 0.05) is 24.1 Å². The summed E-state index contributed by atoms with van der Waals surface area (Å²) in [5, 5.41) is 20.0. The third-order valence-corrected chi connectivity index (χ3v) is 3.56. The number of nitro benzene ring substituents is 1. The van der Waals surface area contributed by atoms with Crippen molar-refractivity contribution >= 4 is 11.7 Å². The maximum Gasteiger partial charge on any atom is 0.335 e. The molecular weight excluding hydrogens is 302 g/mol. The Morgan fingerprint density at radius 3 is 2.70 bits per heavy atom. The van der Waals surface area contributed by atoms with Crippen molar-refractivity contribution in [3.05, 3.63) is 63.2 Å². The van der Waals surface area contributed by atoms with Crippen LogP contribution in [0.15, 0.2) is 36.4 Å². The van der Waals surface area contributed by atoms with E-state index in [-0.39, 0.29) is 23.6 Å². The summed E-state index contributed by atoms with van der Waals surface area (Å²) in [6, 6.07) is 9.15. The Labute approximate surface area is 131 Å². The smallest absolute Gasteiger partial charge is 0.335 e. The molecule has 0 amide bonds. The summed E-state index contributed by atoms with van der Waals surface area (Å²) in [7, 11) is 0. The number of hydrogen-bond acceptors (Lipinski definition) is 5. The van der Waals surface area contributed by atoms with Gasteiger partial charge in [0.15, 0.2) is 0 Å². The molecule has 2 aromatic rings. The first kappa shape index (κ1) is 14.8. The summed E-state index contributed by atoms with van der Waals surface area (Å²) in [6.45, 7) is 0.603. The number of aromatic carboxylic acids is 1. The number of hydrogen-bond donors (Lipinski definition) is 1. The maximum absolute atomic E-state index is 11.2. The Kier molecular flexibility index (Phi) is 3.84. The van der Waals surface area contributed by atoms with Gasteiger partial charge in [-0.3, -0.25) is 10.1 Å². The molecule has 1 aliphatic heterocycles. The van der Waals surface area contributed by atoms with Crippen molar-refractivity contribution in [2.75, 3.05) is 6.61 Å². The van der Waals surface area contributed by atoms with Crippen molar-refractivity contribution in [3.63, 3.8) is 0 Å². The molecule has 7 heteroatoms. The monoisotopic (exact) mass is 315 g/mol. The molecule has 23 heavy (non-hydrogen) atoms. The molecule has 2 aromatic carbocycles. The minimum absolute atomic E-state index is 0.0968. The van der Waals surface area contributed by atoms with Crippen molar-refractivity contribution in [1.82, 2.24) is 0 Å². The van der Waals surface area contributed by atoms with E-state index in [0.29, 0.717) is 24.3 Å². The molecule has 1 N–H and O–H groups in total. The minimum Gasteiger partial charge on any atom is -0.493 e. The SMILES string of the molecule is O=C(O)c1ccc(COc2cc3c(cc2[N+](=O)[O-])CCO3)cc1. The first-order chi connectivity index (χ1) is 11.0. The van der Waals surface area contributed by atoms with E-state index in [2.05, 4.69) is 0 Å². The number of nitro groups is 1. The van der Waals surface area contributed by atoms with E-state index in [0.717, 1.165) is 5.56 Å². The van der Waals surface area contributed by atoms with Gasteiger partial charge in [-0.15, -0.1) is 0 Å². The first-order valence-corrected chi connectivity index (χ1v) is 6.94. The summed E-state index contributed by atoms with van der Waals surface area (Å²) in [5.41, 5.74) is 1.59. The molecule has 1 aliphatic rings.